The lowest BCUT2D eigenvalue weighted by Crippen LogP contribution is -2.60. The van der Waals surface area contributed by atoms with Crippen molar-refractivity contribution >= 4 is 11.8 Å². The van der Waals surface area contributed by atoms with E-state index in [-0.39, 0.29) is 11.8 Å². The first kappa shape index (κ1) is 14.5. The predicted octanol–water partition coefficient (Wildman–Crippen LogP) is 2.25. The fourth-order valence-corrected chi connectivity index (χ4v) is 3.25. The second-order valence-corrected chi connectivity index (χ2v) is 7.17. The number of amides is 2. The van der Waals surface area contributed by atoms with Gasteiger partial charge in [-0.05, 0) is 40.5 Å². The zero-order valence-electron chi connectivity index (χ0n) is 12.5. The van der Waals surface area contributed by atoms with Crippen LogP contribution in [-0.4, -0.2) is 33.0 Å². The molecule has 0 atom stereocenters. The molecule has 0 unspecified atom stereocenters. The van der Waals surface area contributed by atoms with Crippen LogP contribution in [0.3, 0.4) is 0 Å². The van der Waals surface area contributed by atoms with Gasteiger partial charge in [-0.2, -0.15) is 0 Å². The first-order valence-electron chi connectivity index (χ1n) is 7.22. The highest BCUT2D eigenvalue weighted by molar-refractivity contribution is 6.06. The summed E-state index contributed by atoms with van der Waals surface area (Å²) in [5.41, 5.74) is -2.46. The van der Waals surface area contributed by atoms with Crippen molar-refractivity contribution in [2.45, 2.75) is 77.4 Å². The van der Waals surface area contributed by atoms with Gasteiger partial charge in [0.15, 0.2) is 0 Å². The highest BCUT2D eigenvalue weighted by atomic mass is 16.3. The maximum Gasteiger partial charge on any atom is 0.236 e. The second-order valence-electron chi connectivity index (χ2n) is 7.17. The van der Waals surface area contributed by atoms with Gasteiger partial charge in [0.2, 0.25) is 11.8 Å². The third-order valence-electron chi connectivity index (χ3n) is 5.26. The van der Waals surface area contributed by atoms with E-state index in [0.29, 0.717) is 6.42 Å². The van der Waals surface area contributed by atoms with Crippen LogP contribution in [0.1, 0.15) is 66.2 Å². The van der Waals surface area contributed by atoms with Crippen molar-refractivity contribution in [3.63, 3.8) is 0 Å². The van der Waals surface area contributed by atoms with Crippen LogP contribution in [0.4, 0.5) is 0 Å². The standard InChI is InChI=1S/C15H25NO3/c1-13(2,14(3,4)19)16-11(17)10-15(12(16)18)8-6-5-7-9-15/h19H,5-10H2,1-4H3. The Morgan fingerprint density at radius 3 is 2.05 bits per heavy atom. The van der Waals surface area contributed by atoms with E-state index < -0.39 is 16.6 Å². The van der Waals surface area contributed by atoms with E-state index in [9.17, 15) is 14.7 Å². The molecule has 0 aromatic heterocycles. The highest BCUT2D eigenvalue weighted by Gasteiger charge is 2.58. The minimum Gasteiger partial charge on any atom is -0.388 e. The molecule has 1 saturated heterocycles. The van der Waals surface area contributed by atoms with Crippen molar-refractivity contribution in [3.8, 4) is 0 Å². The van der Waals surface area contributed by atoms with Gasteiger partial charge in [-0.25, -0.2) is 0 Å². The SMILES string of the molecule is CC(C)(O)C(C)(C)N1C(=O)CC2(CCCCC2)C1=O. The number of imide groups is 1. The molecule has 2 fully saturated rings. The molecule has 2 rings (SSSR count). The maximum atomic E-state index is 12.8. The molecule has 0 radical (unpaired) electrons. The smallest absolute Gasteiger partial charge is 0.236 e. The van der Waals surface area contributed by atoms with E-state index >= 15 is 0 Å². The summed E-state index contributed by atoms with van der Waals surface area (Å²) < 4.78 is 0. The number of carbonyl (C=O) groups is 2. The van der Waals surface area contributed by atoms with E-state index in [4.69, 9.17) is 0 Å². The van der Waals surface area contributed by atoms with Gasteiger partial charge in [-0.15, -0.1) is 0 Å². The number of aliphatic hydroxyl groups is 1. The van der Waals surface area contributed by atoms with Gasteiger partial charge in [0.1, 0.15) is 0 Å². The van der Waals surface area contributed by atoms with Crippen LogP contribution < -0.4 is 0 Å². The number of likely N-dealkylation sites (tertiary alicyclic amines) is 1. The van der Waals surface area contributed by atoms with Crippen LogP contribution in [0.25, 0.3) is 0 Å². The van der Waals surface area contributed by atoms with Crippen molar-refractivity contribution in [1.82, 2.24) is 4.90 Å². The minimum atomic E-state index is -1.11. The fraction of sp³-hybridized carbons (Fsp3) is 0.867. The Morgan fingerprint density at radius 2 is 1.58 bits per heavy atom. The average molecular weight is 267 g/mol. The van der Waals surface area contributed by atoms with E-state index in [1.54, 1.807) is 27.7 Å². The lowest BCUT2D eigenvalue weighted by atomic mass is 9.72. The van der Waals surface area contributed by atoms with Crippen LogP contribution >= 0.6 is 0 Å². The lowest BCUT2D eigenvalue weighted by molar-refractivity contribution is -0.158. The van der Waals surface area contributed by atoms with Gasteiger partial charge in [-0.3, -0.25) is 14.5 Å². The third kappa shape index (κ3) is 2.10. The Morgan fingerprint density at radius 1 is 1.05 bits per heavy atom. The molecule has 4 nitrogen and oxygen atoms in total. The van der Waals surface area contributed by atoms with Gasteiger partial charge >= 0.3 is 0 Å². The van der Waals surface area contributed by atoms with Crippen LogP contribution in [0.2, 0.25) is 0 Å². The van der Waals surface area contributed by atoms with Crippen LogP contribution in [0.5, 0.6) is 0 Å². The largest absolute Gasteiger partial charge is 0.388 e. The average Bonchev–Trinajstić information content (AvgIpc) is 2.50. The Bertz CT molecular complexity index is 400. The van der Waals surface area contributed by atoms with E-state index in [2.05, 4.69) is 0 Å². The zero-order valence-corrected chi connectivity index (χ0v) is 12.5. The van der Waals surface area contributed by atoms with Crippen LogP contribution in [-0.2, 0) is 9.59 Å². The number of carbonyl (C=O) groups excluding carboxylic acids is 2. The summed E-state index contributed by atoms with van der Waals surface area (Å²) in [6.07, 6.45) is 5.15. The van der Waals surface area contributed by atoms with Crippen molar-refractivity contribution in [2.24, 2.45) is 5.41 Å². The Labute approximate surface area is 115 Å². The molecule has 1 aliphatic carbocycles. The molecular formula is C15H25NO3. The molecule has 1 aliphatic heterocycles. The summed E-state index contributed by atoms with van der Waals surface area (Å²) in [7, 11) is 0. The minimum absolute atomic E-state index is 0.0654. The van der Waals surface area contributed by atoms with Crippen molar-refractivity contribution in [3.05, 3.63) is 0 Å². The number of hydrogen-bond acceptors (Lipinski definition) is 3. The fourth-order valence-electron chi connectivity index (χ4n) is 3.25. The molecule has 4 heteroatoms. The molecule has 0 bridgehead atoms. The molecule has 19 heavy (non-hydrogen) atoms. The summed E-state index contributed by atoms with van der Waals surface area (Å²) in [6, 6.07) is 0. The molecule has 1 heterocycles. The molecule has 2 aliphatic rings. The monoisotopic (exact) mass is 267 g/mol. The Kier molecular flexibility index (Phi) is 3.28. The molecule has 1 saturated carbocycles. The first-order valence-corrected chi connectivity index (χ1v) is 7.22. The van der Waals surface area contributed by atoms with Crippen molar-refractivity contribution in [1.29, 1.82) is 0 Å². The molecule has 1 N–H and O–H groups in total. The first-order chi connectivity index (χ1) is 8.62. The summed E-state index contributed by atoms with van der Waals surface area (Å²) in [5.74, 6) is -0.191. The van der Waals surface area contributed by atoms with Gasteiger partial charge in [0.05, 0.1) is 16.6 Å². The van der Waals surface area contributed by atoms with Gasteiger partial charge in [0.25, 0.3) is 0 Å². The Balaban J connectivity index is 2.34. The quantitative estimate of drug-likeness (QED) is 0.781. The van der Waals surface area contributed by atoms with Crippen molar-refractivity contribution in [2.75, 3.05) is 0 Å². The maximum absolute atomic E-state index is 12.8. The lowest BCUT2D eigenvalue weighted by Gasteiger charge is -2.44. The number of nitrogens with zero attached hydrogens (tertiary/aromatic N) is 1. The molecular weight excluding hydrogens is 242 g/mol. The van der Waals surface area contributed by atoms with Crippen LogP contribution in [0, 0.1) is 5.41 Å². The summed E-state index contributed by atoms with van der Waals surface area (Å²) in [6.45, 7) is 6.84. The molecule has 0 aromatic carbocycles. The van der Waals surface area contributed by atoms with Crippen molar-refractivity contribution < 1.29 is 14.7 Å². The summed E-state index contributed by atoms with van der Waals surface area (Å²) in [5, 5.41) is 10.3. The normalized spacial score (nSPS) is 24.4. The van der Waals surface area contributed by atoms with Gasteiger partial charge in [-0.1, -0.05) is 19.3 Å². The molecule has 1 spiro atoms. The van der Waals surface area contributed by atoms with E-state index in [1.807, 2.05) is 0 Å². The summed E-state index contributed by atoms with van der Waals surface area (Å²) in [4.78, 5) is 26.5. The van der Waals surface area contributed by atoms with E-state index in [1.165, 1.54) is 4.90 Å². The molecule has 108 valence electrons. The molecule has 0 aromatic rings. The zero-order chi connectivity index (χ0) is 14.5. The summed E-state index contributed by atoms with van der Waals surface area (Å²) >= 11 is 0. The second kappa shape index (κ2) is 4.30. The highest BCUT2D eigenvalue weighted by Crippen LogP contribution is 2.48. The van der Waals surface area contributed by atoms with E-state index in [0.717, 1.165) is 32.1 Å². The topological polar surface area (TPSA) is 57.6 Å². The third-order valence-corrected chi connectivity index (χ3v) is 5.26. The predicted molar refractivity (Wildman–Crippen MR) is 72.4 cm³/mol. The Hall–Kier alpha value is -0.900. The number of hydrogen-bond donors (Lipinski definition) is 1. The molecule has 2 amide bonds. The number of rotatable bonds is 2. The van der Waals surface area contributed by atoms with Gasteiger partial charge < -0.3 is 5.11 Å². The van der Waals surface area contributed by atoms with Gasteiger partial charge in [0, 0.05) is 6.42 Å². The van der Waals surface area contributed by atoms with Crippen LogP contribution in [0.15, 0.2) is 0 Å².